The Balaban J connectivity index is 2.62. The van der Waals surface area contributed by atoms with E-state index in [0.29, 0.717) is 11.4 Å². The maximum atomic E-state index is 11.7. The molecule has 0 aliphatic carbocycles. The van der Waals surface area contributed by atoms with E-state index in [1.165, 1.54) is 14.2 Å². The van der Waals surface area contributed by atoms with Gasteiger partial charge < -0.3 is 25.2 Å². The van der Waals surface area contributed by atoms with Gasteiger partial charge >= 0.3 is 12.0 Å². The van der Waals surface area contributed by atoms with Crippen LogP contribution >= 0.6 is 0 Å². The van der Waals surface area contributed by atoms with Gasteiger partial charge in [0.1, 0.15) is 5.75 Å². The molecule has 0 heterocycles. The Morgan fingerprint density at radius 2 is 2.05 bits per heavy atom. The van der Waals surface area contributed by atoms with Gasteiger partial charge in [-0.05, 0) is 24.6 Å². The number of aliphatic carboxylic acids is 1. The second-order valence-corrected chi connectivity index (χ2v) is 4.10. The second-order valence-electron chi connectivity index (χ2n) is 4.10. The topological polar surface area (TPSA) is 96.9 Å². The molecule has 0 spiro atoms. The van der Waals surface area contributed by atoms with Crippen molar-refractivity contribution in [2.24, 2.45) is 0 Å². The molecule has 20 heavy (non-hydrogen) atoms. The lowest BCUT2D eigenvalue weighted by Gasteiger charge is -2.14. The van der Waals surface area contributed by atoms with Gasteiger partial charge in [-0.1, -0.05) is 6.07 Å². The van der Waals surface area contributed by atoms with Gasteiger partial charge in [0.25, 0.3) is 0 Å². The zero-order valence-electron chi connectivity index (χ0n) is 11.6. The van der Waals surface area contributed by atoms with Crippen molar-refractivity contribution in [1.29, 1.82) is 0 Å². The fourth-order valence-corrected chi connectivity index (χ4v) is 1.54. The van der Waals surface area contributed by atoms with Crippen molar-refractivity contribution in [3.8, 4) is 5.75 Å². The average Bonchev–Trinajstić information content (AvgIpc) is 2.39. The van der Waals surface area contributed by atoms with Crippen molar-refractivity contribution in [3.63, 3.8) is 0 Å². The van der Waals surface area contributed by atoms with Gasteiger partial charge in [0.15, 0.2) is 6.10 Å². The number of aryl methyl sites for hydroxylation is 1. The minimum absolute atomic E-state index is 0.133. The predicted octanol–water partition coefficient (Wildman–Crippen LogP) is 1.22. The van der Waals surface area contributed by atoms with Gasteiger partial charge in [-0.2, -0.15) is 0 Å². The van der Waals surface area contributed by atoms with Crippen LogP contribution in [0.2, 0.25) is 0 Å². The third-order valence-electron chi connectivity index (χ3n) is 2.61. The van der Waals surface area contributed by atoms with Gasteiger partial charge in [-0.25, -0.2) is 9.59 Å². The molecule has 3 N–H and O–H groups in total. The van der Waals surface area contributed by atoms with Gasteiger partial charge in [0.2, 0.25) is 0 Å². The van der Waals surface area contributed by atoms with Gasteiger partial charge in [-0.3, -0.25) is 0 Å². The monoisotopic (exact) mass is 282 g/mol. The van der Waals surface area contributed by atoms with Crippen LogP contribution in [-0.4, -0.2) is 44.0 Å². The molecule has 1 aromatic carbocycles. The zero-order valence-corrected chi connectivity index (χ0v) is 11.6. The minimum Gasteiger partial charge on any atom is -0.495 e. The summed E-state index contributed by atoms with van der Waals surface area (Å²) >= 11 is 0. The third-order valence-corrected chi connectivity index (χ3v) is 2.61. The molecule has 0 radical (unpaired) electrons. The Kier molecular flexibility index (Phi) is 5.79. The van der Waals surface area contributed by atoms with Crippen LogP contribution < -0.4 is 15.4 Å². The number of hydrogen-bond donors (Lipinski definition) is 3. The lowest BCUT2D eigenvalue weighted by molar-refractivity contribution is -0.147. The third kappa shape index (κ3) is 4.43. The number of nitrogens with one attached hydrogen (secondary N) is 2. The first-order valence-electron chi connectivity index (χ1n) is 5.93. The molecule has 7 nitrogen and oxygen atoms in total. The van der Waals surface area contributed by atoms with E-state index >= 15 is 0 Å². The Bertz CT molecular complexity index is 490. The number of amides is 2. The molecule has 0 aliphatic rings. The normalized spacial score (nSPS) is 11.6. The molecule has 1 rings (SSSR count). The molecule has 0 aliphatic heterocycles. The first kappa shape index (κ1) is 15.8. The summed E-state index contributed by atoms with van der Waals surface area (Å²) < 4.78 is 9.83. The van der Waals surface area contributed by atoms with Gasteiger partial charge in [0, 0.05) is 7.11 Å². The van der Waals surface area contributed by atoms with Crippen LogP contribution in [-0.2, 0) is 9.53 Å². The molecule has 1 aromatic rings. The predicted molar refractivity (Wildman–Crippen MR) is 73.2 cm³/mol. The first-order valence-corrected chi connectivity index (χ1v) is 5.93. The molecular formula is C13H18N2O5. The maximum absolute atomic E-state index is 11.7. The Morgan fingerprint density at radius 3 is 2.60 bits per heavy atom. The van der Waals surface area contributed by atoms with E-state index in [1.54, 1.807) is 12.1 Å². The smallest absolute Gasteiger partial charge is 0.334 e. The lowest BCUT2D eigenvalue weighted by atomic mass is 10.2. The lowest BCUT2D eigenvalue weighted by Crippen LogP contribution is -2.39. The Hall–Kier alpha value is -2.28. The summed E-state index contributed by atoms with van der Waals surface area (Å²) in [7, 11) is 2.76. The number of carboxylic acids is 1. The number of rotatable bonds is 6. The summed E-state index contributed by atoms with van der Waals surface area (Å²) in [5.74, 6) is -0.617. The van der Waals surface area contributed by atoms with E-state index in [4.69, 9.17) is 14.6 Å². The molecule has 2 amide bonds. The molecule has 0 fully saturated rings. The molecule has 0 aromatic heterocycles. The molecule has 0 bridgehead atoms. The summed E-state index contributed by atoms with van der Waals surface area (Å²) in [5.41, 5.74) is 1.47. The molecule has 0 saturated carbocycles. The highest BCUT2D eigenvalue weighted by Gasteiger charge is 2.17. The number of carboxylic acid groups (broad SMARTS) is 1. The molecule has 1 unspecified atom stereocenters. The van der Waals surface area contributed by atoms with Crippen LogP contribution in [0.3, 0.4) is 0 Å². The molecule has 110 valence electrons. The minimum atomic E-state index is -1.14. The standard InChI is InChI=1S/C13H18N2O5/c1-8-4-5-10(19-2)9(6-8)15-13(18)14-7-11(20-3)12(16)17/h4-6,11H,7H2,1-3H3,(H,16,17)(H2,14,15,18). The van der Waals surface area contributed by atoms with Crippen molar-refractivity contribution in [2.75, 3.05) is 26.1 Å². The van der Waals surface area contributed by atoms with Crippen LogP contribution in [0.5, 0.6) is 5.75 Å². The van der Waals surface area contributed by atoms with Crippen LogP contribution in [0.25, 0.3) is 0 Å². The molecule has 7 heteroatoms. The van der Waals surface area contributed by atoms with Crippen molar-refractivity contribution in [3.05, 3.63) is 23.8 Å². The fourth-order valence-electron chi connectivity index (χ4n) is 1.54. The first-order chi connectivity index (χ1) is 9.47. The van der Waals surface area contributed by atoms with Gasteiger partial charge in [0.05, 0.1) is 19.3 Å². The summed E-state index contributed by atoms with van der Waals surface area (Å²) in [4.78, 5) is 22.4. The van der Waals surface area contributed by atoms with Crippen molar-refractivity contribution in [1.82, 2.24) is 5.32 Å². The summed E-state index contributed by atoms with van der Waals surface area (Å²) in [5, 5.41) is 13.8. The van der Waals surface area contributed by atoms with E-state index in [9.17, 15) is 9.59 Å². The Morgan fingerprint density at radius 1 is 1.35 bits per heavy atom. The quantitative estimate of drug-likeness (QED) is 0.729. The van der Waals surface area contributed by atoms with E-state index in [0.717, 1.165) is 5.56 Å². The number of hydrogen-bond acceptors (Lipinski definition) is 4. The van der Waals surface area contributed by atoms with Crippen LogP contribution in [0.15, 0.2) is 18.2 Å². The zero-order chi connectivity index (χ0) is 15.1. The number of methoxy groups -OCH3 is 2. The van der Waals surface area contributed by atoms with Crippen molar-refractivity contribution < 1.29 is 24.2 Å². The second kappa shape index (κ2) is 7.34. The largest absolute Gasteiger partial charge is 0.495 e. The van der Waals surface area contributed by atoms with Crippen molar-refractivity contribution >= 4 is 17.7 Å². The van der Waals surface area contributed by atoms with Crippen LogP contribution in [0.1, 0.15) is 5.56 Å². The van der Waals surface area contributed by atoms with E-state index in [-0.39, 0.29) is 6.54 Å². The SMILES string of the molecule is COc1ccc(C)cc1NC(=O)NCC(OC)C(=O)O. The Labute approximate surface area is 116 Å². The fraction of sp³-hybridized carbons (Fsp3) is 0.385. The van der Waals surface area contributed by atoms with Crippen LogP contribution in [0.4, 0.5) is 10.5 Å². The average molecular weight is 282 g/mol. The van der Waals surface area contributed by atoms with Crippen molar-refractivity contribution in [2.45, 2.75) is 13.0 Å². The highest BCUT2D eigenvalue weighted by Crippen LogP contribution is 2.24. The number of anilines is 1. The molecule has 1 atom stereocenters. The van der Waals surface area contributed by atoms with Gasteiger partial charge in [-0.15, -0.1) is 0 Å². The van der Waals surface area contributed by atoms with E-state index < -0.39 is 18.1 Å². The number of carbonyl (C=O) groups is 2. The number of benzene rings is 1. The number of ether oxygens (including phenoxy) is 2. The number of carbonyl (C=O) groups excluding carboxylic acids is 1. The van der Waals surface area contributed by atoms with Crippen LogP contribution in [0, 0.1) is 6.92 Å². The maximum Gasteiger partial charge on any atom is 0.334 e. The highest BCUT2D eigenvalue weighted by atomic mass is 16.5. The van der Waals surface area contributed by atoms with E-state index in [2.05, 4.69) is 10.6 Å². The molecule has 0 saturated heterocycles. The van der Waals surface area contributed by atoms with E-state index in [1.807, 2.05) is 13.0 Å². The number of urea groups is 1. The summed E-state index contributed by atoms with van der Waals surface area (Å²) in [6, 6.07) is 4.81. The summed E-state index contributed by atoms with van der Waals surface area (Å²) in [6.45, 7) is 1.75. The summed E-state index contributed by atoms with van der Waals surface area (Å²) in [6.07, 6.45) is -1.08. The highest BCUT2D eigenvalue weighted by molar-refractivity contribution is 5.91. The molecular weight excluding hydrogens is 264 g/mol.